The molecule has 0 bridgehead atoms. The van der Waals surface area contributed by atoms with E-state index in [2.05, 4.69) is 15.5 Å². The van der Waals surface area contributed by atoms with Crippen molar-refractivity contribution >= 4 is 17.5 Å². The highest BCUT2D eigenvalue weighted by Gasteiger charge is 2.26. The van der Waals surface area contributed by atoms with Crippen LogP contribution in [0.25, 0.3) is 11.5 Å². The molecule has 0 aliphatic carbocycles. The van der Waals surface area contributed by atoms with E-state index in [0.717, 1.165) is 35.5 Å². The Morgan fingerprint density at radius 1 is 1.06 bits per heavy atom. The Hall–Kier alpha value is -3.52. The van der Waals surface area contributed by atoms with Gasteiger partial charge >= 0.3 is 0 Å². The van der Waals surface area contributed by atoms with Gasteiger partial charge in [-0.15, -0.1) is 10.2 Å². The Morgan fingerprint density at radius 2 is 1.74 bits per heavy atom. The predicted octanol–water partition coefficient (Wildman–Crippen LogP) is 1.33. The van der Waals surface area contributed by atoms with Crippen LogP contribution in [-0.2, 0) is 4.79 Å². The zero-order chi connectivity index (χ0) is 21.8. The van der Waals surface area contributed by atoms with Gasteiger partial charge in [0.15, 0.2) is 6.54 Å². The lowest BCUT2D eigenvalue weighted by atomic mass is 10.1. The molecule has 2 aromatic carbocycles. The smallest absolute Gasteiger partial charge is 0.279 e. The first kappa shape index (κ1) is 20.7. The zero-order valence-corrected chi connectivity index (χ0v) is 17.7. The fourth-order valence-electron chi connectivity index (χ4n) is 3.86. The van der Waals surface area contributed by atoms with E-state index in [1.54, 1.807) is 24.3 Å². The third-order valence-electron chi connectivity index (χ3n) is 5.65. The molecule has 2 heterocycles. The van der Waals surface area contributed by atoms with E-state index in [1.165, 1.54) is 11.3 Å². The number of carbonyl (C=O) groups excluding carboxylic acids is 2. The summed E-state index contributed by atoms with van der Waals surface area (Å²) >= 11 is 0. The summed E-state index contributed by atoms with van der Waals surface area (Å²) in [5.41, 5.74) is 4.41. The molecule has 0 atom stereocenters. The molecule has 1 aliphatic rings. The maximum absolute atomic E-state index is 12.8. The van der Waals surface area contributed by atoms with Crippen molar-refractivity contribution in [2.45, 2.75) is 13.8 Å². The number of benzene rings is 2. The van der Waals surface area contributed by atoms with Crippen LogP contribution in [0.5, 0.6) is 0 Å². The maximum Gasteiger partial charge on any atom is 0.279 e. The summed E-state index contributed by atoms with van der Waals surface area (Å²) in [6, 6.07) is 13.1. The number of para-hydroxylation sites is 1. The minimum absolute atomic E-state index is 0.00351. The van der Waals surface area contributed by atoms with E-state index >= 15 is 0 Å². The van der Waals surface area contributed by atoms with Gasteiger partial charge in [0.25, 0.3) is 11.8 Å². The van der Waals surface area contributed by atoms with Gasteiger partial charge in [0.2, 0.25) is 12.3 Å². The fraction of sp³-hybridized carbons (Fsp3) is 0.304. The number of anilines is 1. The third-order valence-corrected chi connectivity index (χ3v) is 5.65. The highest BCUT2D eigenvalue weighted by Crippen LogP contribution is 2.19. The number of hydrogen-bond donors (Lipinski definition) is 2. The van der Waals surface area contributed by atoms with E-state index in [-0.39, 0.29) is 11.8 Å². The summed E-state index contributed by atoms with van der Waals surface area (Å²) in [5, 5.41) is 10.6. The van der Waals surface area contributed by atoms with E-state index in [9.17, 15) is 9.59 Å². The normalized spacial score (nSPS) is 14.5. The van der Waals surface area contributed by atoms with Crippen LogP contribution in [0.15, 0.2) is 53.3 Å². The zero-order valence-electron chi connectivity index (χ0n) is 17.7. The Kier molecular flexibility index (Phi) is 6.08. The molecule has 3 aromatic rings. The van der Waals surface area contributed by atoms with Crippen LogP contribution in [0.3, 0.4) is 0 Å². The number of nitrogens with zero attached hydrogens (tertiary/aromatic N) is 3. The van der Waals surface area contributed by atoms with Crippen molar-refractivity contribution in [2.24, 2.45) is 0 Å². The lowest BCUT2D eigenvalue weighted by molar-refractivity contribution is -0.895. The number of carbonyl (C=O) groups is 2. The molecule has 1 saturated heterocycles. The molecule has 1 fully saturated rings. The number of hydrogen-bond acceptors (Lipinski definition) is 5. The maximum atomic E-state index is 12.8. The monoisotopic (exact) mass is 420 g/mol. The van der Waals surface area contributed by atoms with E-state index in [1.807, 2.05) is 36.9 Å². The summed E-state index contributed by atoms with van der Waals surface area (Å²) in [6.45, 7) is 7.11. The molecule has 1 aliphatic heterocycles. The van der Waals surface area contributed by atoms with Crippen molar-refractivity contribution in [3.05, 3.63) is 65.5 Å². The lowest BCUT2D eigenvalue weighted by Crippen LogP contribution is -3.15. The van der Waals surface area contributed by atoms with Gasteiger partial charge in [0, 0.05) is 16.8 Å². The molecule has 8 nitrogen and oxygen atoms in total. The van der Waals surface area contributed by atoms with Gasteiger partial charge in [-0.3, -0.25) is 9.59 Å². The SMILES string of the molecule is Cc1cccc(C)c1NC(=O)C[NH+]1CCN(C(=O)c2ccc(-c3nnco3)cc2)CC1. The average molecular weight is 420 g/mol. The standard InChI is InChI=1S/C23H25N5O3/c1-16-4-3-5-17(2)21(16)25-20(29)14-27-10-12-28(13-11-27)23(30)19-8-6-18(7-9-19)22-26-24-15-31-22/h3-9,15H,10-14H2,1-2H3,(H,25,29)/p+1. The van der Waals surface area contributed by atoms with E-state index in [0.29, 0.717) is 31.1 Å². The Balaban J connectivity index is 1.29. The molecular weight excluding hydrogens is 394 g/mol. The van der Waals surface area contributed by atoms with Gasteiger partial charge in [-0.1, -0.05) is 18.2 Å². The first-order valence-electron chi connectivity index (χ1n) is 10.4. The summed E-state index contributed by atoms with van der Waals surface area (Å²) in [6.07, 6.45) is 1.28. The number of rotatable bonds is 5. The minimum Gasteiger partial charge on any atom is -0.423 e. The average Bonchev–Trinajstić information content (AvgIpc) is 3.32. The fourth-order valence-corrected chi connectivity index (χ4v) is 3.86. The molecule has 4 rings (SSSR count). The van der Waals surface area contributed by atoms with Crippen LogP contribution >= 0.6 is 0 Å². The predicted molar refractivity (Wildman–Crippen MR) is 116 cm³/mol. The van der Waals surface area contributed by atoms with Gasteiger partial charge in [0.05, 0.1) is 26.2 Å². The summed E-state index contributed by atoms with van der Waals surface area (Å²) in [5.74, 6) is 0.426. The summed E-state index contributed by atoms with van der Waals surface area (Å²) < 4.78 is 5.18. The van der Waals surface area contributed by atoms with Gasteiger partial charge in [-0.25, -0.2) is 0 Å². The lowest BCUT2D eigenvalue weighted by Gasteiger charge is -2.32. The molecule has 0 unspecified atom stereocenters. The second-order valence-electron chi connectivity index (χ2n) is 7.86. The van der Waals surface area contributed by atoms with Crippen molar-refractivity contribution in [3.8, 4) is 11.5 Å². The number of quaternary nitrogens is 1. The molecular formula is C23H26N5O3+. The molecule has 2 N–H and O–H groups in total. The number of aryl methyl sites for hydroxylation is 2. The molecule has 160 valence electrons. The minimum atomic E-state index is -0.00360. The van der Waals surface area contributed by atoms with Crippen LogP contribution in [0.4, 0.5) is 5.69 Å². The Bertz CT molecular complexity index is 1040. The van der Waals surface area contributed by atoms with Crippen molar-refractivity contribution in [2.75, 3.05) is 38.0 Å². The highest BCUT2D eigenvalue weighted by molar-refractivity contribution is 5.95. The van der Waals surface area contributed by atoms with Gasteiger partial charge in [0.1, 0.15) is 0 Å². The van der Waals surface area contributed by atoms with Crippen LogP contribution in [-0.4, -0.2) is 59.6 Å². The van der Waals surface area contributed by atoms with Gasteiger partial charge in [-0.05, 0) is 49.2 Å². The number of aromatic nitrogens is 2. The topological polar surface area (TPSA) is 92.8 Å². The molecule has 8 heteroatoms. The van der Waals surface area contributed by atoms with Crippen LogP contribution in [0, 0.1) is 13.8 Å². The Morgan fingerprint density at radius 3 is 2.35 bits per heavy atom. The summed E-state index contributed by atoms with van der Waals surface area (Å²) in [7, 11) is 0. The summed E-state index contributed by atoms with van der Waals surface area (Å²) in [4.78, 5) is 28.4. The second-order valence-corrected chi connectivity index (χ2v) is 7.86. The Labute approximate surface area is 180 Å². The van der Waals surface area contributed by atoms with Crippen LogP contribution < -0.4 is 10.2 Å². The van der Waals surface area contributed by atoms with Crippen molar-refractivity contribution in [3.63, 3.8) is 0 Å². The molecule has 31 heavy (non-hydrogen) atoms. The molecule has 0 radical (unpaired) electrons. The first-order chi connectivity index (χ1) is 15.0. The third kappa shape index (κ3) is 4.80. The largest absolute Gasteiger partial charge is 0.423 e. The van der Waals surface area contributed by atoms with Gasteiger partial charge in [-0.2, -0.15) is 0 Å². The number of amides is 2. The van der Waals surface area contributed by atoms with Crippen molar-refractivity contribution < 1.29 is 18.9 Å². The molecule has 0 spiro atoms. The highest BCUT2D eigenvalue weighted by atomic mass is 16.4. The second kappa shape index (κ2) is 9.09. The first-order valence-corrected chi connectivity index (χ1v) is 10.4. The van der Waals surface area contributed by atoms with Crippen LogP contribution in [0.2, 0.25) is 0 Å². The number of nitrogens with one attached hydrogen (secondary N) is 2. The molecule has 0 saturated carbocycles. The van der Waals surface area contributed by atoms with E-state index < -0.39 is 0 Å². The van der Waals surface area contributed by atoms with Crippen molar-refractivity contribution in [1.82, 2.24) is 15.1 Å². The van der Waals surface area contributed by atoms with Crippen LogP contribution in [0.1, 0.15) is 21.5 Å². The van der Waals surface area contributed by atoms with E-state index in [4.69, 9.17) is 4.42 Å². The van der Waals surface area contributed by atoms with Gasteiger partial charge < -0.3 is 19.5 Å². The quantitative estimate of drug-likeness (QED) is 0.650. The molecule has 2 amide bonds. The number of piperazine rings is 1. The van der Waals surface area contributed by atoms with Crippen molar-refractivity contribution in [1.29, 1.82) is 0 Å². The molecule has 1 aromatic heterocycles.